The summed E-state index contributed by atoms with van der Waals surface area (Å²) in [5.41, 5.74) is 0. The SMILES string of the molecule is CCCCCC/C=C\CCCCCC/C=C\CCCCCCCC(O)(C[N+](C)(C)C)P(=O)(O)O. The first kappa shape index (κ1) is 33.5. The molecule has 0 aliphatic carbocycles. The first-order chi connectivity index (χ1) is 16.0. The number of unbranched alkanes of at least 4 members (excludes halogenated alkanes) is 14. The lowest BCUT2D eigenvalue weighted by atomic mass is 10.1. The van der Waals surface area contributed by atoms with Crippen molar-refractivity contribution >= 4 is 7.60 Å². The number of hydrogen-bond donors (Lipinski definition) is 3. The molecule has 0 bridgehead atoms. The average Bonchev–Trinajstić information content (AvgIpc) is 2.73. The van der Waals surface area contributed by atoms with E-state index in [2.05, 4.69) is 31.2 Å². The van der Waals surface area contributed by atoms with E-state index in [0.717, 1.165) is 32.1 Å². The quantitative estimate of drug-likeness (QED) is 0.0578. The highest BCUT2D eigenvalue weighted by atomic mass is 31.2. The largest absolute Gasteiger partial charge is 0.373 e. The van der Waals surface area contributed by atoms with Crippen LogP contribution in [0, 0.1) is 0 Å². The van der Waals surface area contributed by atoms with Crippen LogP contribution >= 0.6 is 7.60 Å². The molecular formula is C28H57NO4P+. The van der Waals surface area contributed by atoms with Crippen molar-refractivity contribution in [3.05, 3.63) is 24.3 Å². The minimum atomic E-state index is -4.55. The smallest absolute Gasteiger partial charge is 0.362 e. The molecule has 6 heteroatoms. The van der Waals surface area contributed by atoms with Crippen molar-refractivity contribution < 1.29 is 23.9 Å². The van der Waals surface area contributed by atoms with Gasteiger partial charge in [0.2, 0.25) is 5.34 Å². The van der Waals surface area contributed by atoms with E-state index in [0.29, 0.717) is 10.9 Å². The Hall–Kier alpha value is -0.450. The molecule has 0 aromatic rings. The second kappa shape index (κ2) is 19.7. The van der Waals surface area contributed by atoms with E-state index >= 15 is 0 Å². The van der Waals surface area contributed by atoms with Gasteiger partial charge in [0, 0.05) is 0 Å². The summed E-state index contributed by atoms with van der Waals surface area (Å²) in [5, 5.41) is 8.63. The zero-order valence-corrected chi connectivity index (χ0v) is 23.8. The summed E-state index contributed by atoms with van der Waals surface area (Å²) in [7, 11) is 0.959. The molecule has 3 N–H and O–H groups in total. The van der Waals surface area contributed by atoms with E-state index in [1.54, 1.807) is 0 Å². The molecule has 0 heterocycles. The molecule has 0 aliphatic rings. The Bertz CT molecular complexity index is 579. The molecule has 5 nitrogen and oxygen atoms in total. The highest BCUT2D eigenvalue weighted by Crippen LogP contribution is 2.52. The van der Waals surface area contributed by atoms with E-state index < -0.39 is 12.9 Å². The number of nitrogens with zero attached hydrogens (tertiary/aromatic N) is 1. The standard InChI is InChI=1S/C28H56NO4P/c1-5-6-7-8-9-10-11-12-13-14-15-16-17-18-19-20-21-22-23-24-25-26-28(30,34(31,32)33)27-29(2,3)4/h10-11,18-19,30H,5-9,12-17,20-27H2,1-4H3,(H-,31,32,33)/p+1/b11-10-,19-18-. The molecule has 1 unspecified atom stereocenters. The Morgan fingerprint density at radius 1 is 0.647 bits per heavy atom. The van der Waals surface area contributed by atoms with Gasteiger partial charge in [-0.3, -0.25) is 4.57 Å². The van der Waals surface area contributed by atoms with Gasteiger partial charge in [0.15, 0.2) is 0 Å². The number of allylic oxidation sites excluding steroid dienone is 4. The van der Waals surface area contributed by atoms with Crippen LogP contribution in [0.2, 0.25) is 0 Å². The third-order valence-electron chi connectivity index (χ3n) is 6.27. The summed E-state index contributed by atoms with van der Waals surface area (Å²) in [6.07, 6.45) is 29.8. The van der Waals surface area contributed by atoms with Crippen LogP contribution in [0.25, 0.3) is 0 Å². The van der Waals surface area contributed by atoms with Crippen molar-refractivity contribution in [1.29, 1.82) is 0 Å². The Morgan fingerprint density at radius 2 is 1.00 bits per heavy atom. The second-order valence-electron chi connectivity index (χ2n) is 11.1. The van der Waals surface area contributed by atoms with Crippen LogP contribution in [0.1, 0.15) is 122 Å². The molecule has 202 valence electrons. The zero-order valence-electron chi connectivity index (χ0n) is 22.9. The van der Waals surface area contributed by atoms with Gasteiger partial charge in [-0.05, 0) is 64.2 Å². The van der Waals surface area contributed by atoms with Gasteiger partial charge in [-0.1, -0.05) is 82.6 Å². The minimum Gasteiger partial charge on any atom is -0.373 e. The molecule has 0 aliphatic heterocycles. The average molecular weight is 503 g/mol. The topological polar surface area (TPSA) is 77.8 Å². The predicted octanol–water partition coefficient (Wildman–Crippen LogP) is 7.71. The van der Waals surface area contributed by atoms with Gasteiger partial charge in [-0.25, -0.2) is 0 Å². The number of likely N-dealkylation sites (N-methyl/N-ethyl adjacent to an activating group) is 1. The molecule has 0 spiro atoms. The van der Waals surface area contributed by atoms with Crippen molar-refractivity contribution in [1.82, 2.24) is 0 Å². The van der Waals surface area contributed by atoms with Crippen molar-refractivity contribution in [2.75, 3.05) is 27.7 Å². The molecule has 0 amide bonds. The van der Waals surface area contributed by atoms with Gasteiger partial charge in [0.25, 0.3) is 0 Å². The van der Waals surface area contributed by atoms with Gasteiger partial charge in [-0.2, -0.15) is 0 Å². The van der Waals surface area contributed by atoms with Crippen molar-refractivity contribution in [3.8, 4) is 0 Å². The number of rotatable bonds is 23. The summed E-state index contributed by atoms with van der Waals surface area (Å²) in [6, 6.07) is 0. The molecule has 34 heavy (non-hydrogen) atoms. The molecule has 0 saturated carbocycles. The van der Waals surface area contributed by atoms with Gasteiger partial charge in [0.05, 0.1) is 21.1 Å². The van der Waals surface area contributed by atoms with Crippen LogP contribution in [0.4, 0.5) is 0 Å². The molecule has 0 aromatic carbocycles. The first-order valence-corrected chi connectivity index (χ1v) is 15.5. The van der Waals surface area contributed by atoms with Gasteiger partial charge >= 0.3 is 7.60 Å². The fraction of sp³-hybridized carbons (Fsp3) is 0.857. The van der Waals surface area contributed by atoms with Crippen LogP contribution in [0.5, 0.6) is 0 Å². The first-order valence-electron chi connectivity index (χ1n) is 13.9. The summed E-state index contributed by atoms with van der Waals surface area (Å²) >= 11 is 0. The lowest BCUT2D eigenvalue weighted by molar-refractivity contribution is -0.875. The van der Waals surface area contributed by atoms with E-state index in [1.807, 2.05) is 21.1 Å². The third-order valence-corrected chi connectivity index (χ3v) is 7.72. The monoisotopic (exact) mass is 502 g/mol. The van der Waals surface area contributed by atoms with E-state index in [-0.39, 0.29) is 13.0 Å². The van der Waals surface area contributed by atoms with E-state index in [4.69, 9.17) is 0 Å². The summed E-state index contributed by atoms with van der Waals surface area (Å²) < 4.78 is 12.1. The van der Waals surface area contributed by atoms with Crippen LogP contribution in [0.15, 0.2) is 24.3 Å². The normalized spacial score (nSPS) is 14.9. The highest BCUT2D eigenvalue weighted by Gasteiger charge is 2.48. The second-order valence-corrected chi connectivity index (χ2v) is 13.0. The Labute approximate surface area is 211 Å². The van der Waals surface area contributed by atoms with Gasteiger partial charge < -0.3 is 19.4 Å². The molecular weight excluding hydrogens is 445 g/mol. The van der Waals surface area contributed by atoms with Crippen LogP contribution in [-0.2, 0) is 4.57 Å². The van der Waals surface area contributed by atoms with Crippen molar-refractivity contribution in [2.24, 2.45) is 0 Å². The van der Waals surface area contributed by atoms with Crippen molar-refractivity contribution in [3.63, 3.8) is 0 Å². The van der Waals surface area contributed by atoms with Gasteiger partial charge in [-0.15, -0.1) is 0 Å². The summed E-state index contributed by atoms with van der Waals surface area (Å²) in [4.78, 5) is 19.2. The molecule has 1 atom stereocenters. The predicted molar refractivity (Wildman–Crippen MR) is 147 cm³/mol. The van der Waals surface area contributed by atoms with E-state index in [1.165, 1.54) is 70.6 Å². The number of aliphatic hydroxyl groups is 1. The van der Waals surface area contributed by atoms with E-state index in [9.17, 15) is 19.5 Å². The lowest BCUT2D eigenvalue weighted by Crippen LogP contribution is -2.49. The zero-order chi connectivity index (χ0) is 25.8. The third kappa shape index (κ3) is 19.8. The van der Waals surface area contributed by atoms with Crippen molar-refractivity contribution in [2.45, 2.75) is 128 Å². The molecule has 0 fully saturated rings. The highest BCUT2D eigenvalue weighted by molar-refractivity contribution is 7.53. The number of hydrogen-bond acceptors (Lipinski definition) is 2. The summed E-state index contributed by atoms with van der Waals surface area (Å²) in [5.74, 6) is 0. The Kier molecular flexibility index (Phi) is 19.4. The maximum absolute atomic E-state index is 11.8. The van der Waals surface area contributed by atoms with Crippen LogP contribution < -0.4 is 0 Å². The fourth-order valence-corrected chi connectivity index (χ4v) is 5.37. The molecule has 0 aromatic heterocycles. The lowest BCUT2D eigenvalue weighted by Gasteiger charge is -2.35. The molecule has 0 saturated heterocycles. The van der Waals surface area contributed by atoms with Crippen LogP contribution in [-0.4, -0.2) is 52.4 Å². The van der Waals surface area contributed by atoms with Crippen LogP contribution in [0.3, 0.4) is 0 Å². The molecule has 0 radical (unpaired) electrons. The number of quaternary nitrogens is 1. The molecule has 0 rings (SSSR count). The summed E-state index contributed by atoms with van der Waals surface area (Å²) in [6.45, 7) is 2.31. The Morgan fingerprint density at radius 3 is 1.35 bits per heavy atom. The maximum Gasteiger partial charge on any atom is 0.362 e. The Balaban J connectivity index is 3.61. The maximum atomic E-state index is 11.8. The van der Waals surface area contributed by atoms with Gasteiger partial charge in [0.1, 0.15) is 6.54 Å². The minimum absolute atomic E-state index is 0.0539. The fourth-order valence-electron chi connectivity index (χ4n) is 4.32.